The summed E-state index contributed by atoms with van der Waals surface area (Å²) in [5.41, 5.74) is -0.0317. The highest BCUT2D eigenvalue weighted by Crippen LogP contribution is 2.33. The first-order valence-electron chi connectivity index (χ1n) is 7.23. The predicted octanol–water partition coefficient (Wildman–Crippen LogP) is 1.35. The van der Waals surface area contributed by atoms with Crippen LogP contribution in [0.2, 0.25) is 0 Å². The Labute approximate surface area is 124 Å². The van der Waals surface area contributed by atoms with Crippen LogP contribution >= 0.6 is 0 Å². The molecule has 116 valence electrons. The largest absolute Gasteiger partial charge is 0.364 e. The third-order valence-electron chi connectivity index (χ3n) is 3.65. The van der Waals surface area contributed by atoms with Crippen molar-refractivity contribution in [1.82, 2.24) is 14.9 Å². The summed E-state index contributed by atoms with van der Waals surface area (Å²) in [6.45, 7) is 7.14. The van der Waals surface area contributed by atoms with Crippen LogP contribution in [0.4, 0.5) is 17.3 Å². The molecule has 0 aliphatic carbocycles. The van der Waals surface area contributed by atoms with Gasteiger partial charge in [-0.3, -0.25) is 10.1 Å². The molecule has 1 aromatic heterocycles. The molecular weight excluding hydrogens is 272 g/mol. The molecule has 0 radical (unpaired) electrons. The van der Waals surface area contributed by atoms with Gasteiger partial charge in [-0.1, -0.05) is 0 Å². The molecule has 1 saturated heterocycles. The Kier molecular flexibility index (Phi) is 4.89. The quantitative estimate of drug-likeness (QED) is 0.662. The van der Waals surface area contributed by atoms with Gasteiger partial charge in [0.25, 0.3) is 0 Å². The van der Waals surface area contributed by atoms with Gasteiger partial charge < -0.3 is 15.1 Å². The Morgan fingerprint density at radius 1 is 1.48 bits per heavy atom. The summed E-state index contributed by atoms with van der Waals surface area (Å²) in [6.07, 6.45) is 2.35. The molecule has 8 heteroatoms. The van der Waals surface area contributed by atoms with E-state index in [4.69, 9.17) is 0 Å². The standard InChI is InChI=1S/C13H22N6O2/c1-4-14-12-11(19(20)21)13(16-9-15-12)18-7-5-6-17(3)8-10(18)2/h9-10H,4-8H2,1-3H3,(H,14,15,16). The Hall–Kier alpha value is -1.96. The van der Waals surface area contributed by atoms with Crippen molar-refractivity contribution in [3.8, 4) is 0 Å². The molecule has 0 aromatic carbocycles. The molecule has 2 heterocycles. The molecule has 1 N–H and O–H groups in total. The van der Waals surface area contributed by atoms with Crippen LogP contribution in [0.1, 0.15) is 20.3 Å². The molecule has 1 aromatic rings. The second-order valence-corrected chi connectivity index (χ2v) is 5.34. The maximum Gasteiger partial charge on any atom is 0.353 e. The van der Waals surface area contributed by atoms with Gasteiger partial charge >= 0.3 is 5.69 Å². The molecule has 0 spiro atoms. The fraction of sp³-hybridized carbons (Fsp3) is 0.692. The zero-order valence-corrected chi connectivity index (χ0v) is 12.7. The summed E-state index contributed by atoms with van der Waals surface area (Å²) >= 11 is 0. The number of aromatic nitrogens is 2. The predicted molar refractivity (Wildman–Crippen MR) is 81.8 cm³/mol. The molecule has 0 amide bonds. The van der Waals surface area contributed by atoms with Gasteiger partial charge in [-0.05, 0) is 33.9 Å². The van der Waals surface area contributed by atoms with E-state index >= 15 is 0 Å². The molecule has 21 heavy (non-hydrogen) atoms. The highest BCUT2D eigenvalue weighted by molar-refractivity contribution is 5.70. The lowest BCUT2D eigenvalue weighted by Gasteiger charge is -2.28. The summed E-state index contributed by atoms with van der Waals surface area (Å²) < 4.78 is 0. The number of rotatable bonds is 4. The van der Waals surface area contributed by atoms with Gasteiger partial charge in [0.1, 0.15) is 6.33 Å². The Bertz CT molecular complexity index is 509. The number of hydrogen-bond donors (Lipinski definition) is 1. The van der Waals surface area contributed by atoms with E-state index in [-0.39, 0.29) is 17.5 Å². The van der Waals surface area contributed by atoms with Gasteiger partial charge in [0.15, 0.2) is 0 Å². The molecule has 1 aliphatic rings. The maximum atomic E-state index is 11.5. The minimum Gasteiger partial charge on any atom is -0.364 e. The van der Waals surface area contributed by atoms with Crippen molar-refractivity contribution in [2.45, 2.75) is 26.3 Å². The molecule has 8 nitrogen and oxygen atoms in total. The summed E-state index contributed by atoms with van der Waals surface area (Å²) in [7, 11) is 2.07. The molecular formula is C13H22N6O2. The summed E-state index contributed by atoms with van der Waals surface area (Å²) in [5.74, 6) is 0.700. The fourth-order valence-electron chi connectivity index (χ4n) is 2.73. The molecule has 0 saturated carbocycles. The molecule has 1 fully saturated rings. The minimum atomic E-state index is -0.394. The van der Waals surface area contributed by atoms with Crippen LogP contribution in [0.25, 0.3) is 0 Å². The van der Waals surface area contributed by atoms with Gasteiger partial charge in [-0.2, -0.15) is 0 Å². The van der Waals surface area contributed by atoms with Crippen LogP contribution in [0, 0.1) is 10.1 Å². The van der Waals surface area contributed by atoms with Gasteiger partial charge in [0, 0.05) is 25.7 Å². The number of nitrogens with zero attached hydrogens (tertiary/aromatic N) is 5. The summed E-state index contributed by atoms with van der Waals surface area (Å²) in [4.78, 5) is 23.5. The van der Waals surface area contributed by atoms with Crippen LogP contribution in [-0.2, 0) is 0 Å². The van der Waals surface area contributed by atoms with E-state index in [0.717, 1.165) is 26.1 Å². The van der Waals surface area contributed by atoms with E-state index in [0.29, 0.717) is 12.4 Å². The molecule has 1 aliphatic heterocycles. The summed E-state index contributed by atoms with van der Waals surface area (Å²) in [6, 6.07) is 0.167. The van der Waals surface area contributed by atoms with E-state index in [9.17, 15) is 10.1 Å². The Balaban J connectivity index is 2.42. The molecule has 2 rings (SSSR count). The lowest BCUT2D eigenvalue weighted by atomic mass is 10.2. The zero-order valence-electron chi connectivity index (χ0n) is 12.7. The monoisotopic (exact) mass is 294 g/mol. The second-order valence-electron chi connectivity index (χ2n) is 5.34. The van der Waals surface area contributed by atoms with Gasteiger partial charge in [-0.15, -0.1) is 0 Å². The van der Waals surface area contributed by atoms with Gasteiger partial charge in [-0.25, -0.2) is 9.97 Å². The van der Waals surface area contributed by atoms with E-state index < -0.39 is 4.92 Å². The Morgan fingerprint density at radius 3 is 2.90 bits per heavy atom. The van der Waals surface area contributed by atoms with E-state index in [1.54, 1.807) is 0 Å². The highest BCUT2D eigenvalue weighted by Gasteiger charge is 2.30. The topological polar surface area (TPSA) is 87.4 Å². The van der Waals surface area contributed by atoms with Crippen molar-refractivity contribution in [2.75, 3.05) is 43.4 Å². The fourth-order valence-corrected chi connectivity index (χ4v) is 2.73. The van der Waals surface area contributed by atoms with Crippen LogP contribution in [0.3, 0.4) is 0 Å². The molecule has 0 bridgehead atoms. The van der Waals surface area contributed by atoms with E-state index in [1.807, 2.05) is 11.8 Å². The number of nitro groups is 1. The molecule has 1 unspecified atom stereocenters. The number of likely N-dealkylation sites (N-methyl/N-ethyl adjacent to an activating group) is 1. The van der Waals surface area contributed by atoms with Gasteiger partial charge in [0.2, 0.25) is 11.6 Å². The van der Waals surface area contributed by atoms with Gasteiger partial charge in [0.05, 0.1) is 4.92 Å². The van der Waals surface area contributed by atoms with E-state index in [2.05, 4.69) is 34.2 Å². The average Bonchev–Trinajstić information content (AvgIpc) is 2.59. The average molecular weight is 294 g/mol. The first kappa shape index (κ1) is 15.4. The smallest absolute Gasteiger partial charge is 0.353 e. The first-order valence-corrected chi connectivity index (χ1v) is 7.23. The van der Waals surface area contributed by atoms with E-state index in [1.165, 1.54) is 6.33 Å². The zero-order chi connectivity index (χ0) is 15.4. The lowest BCUT2D eigenvalue weighted by Crippen LogP contribution is -2.38. The number of hydrogen-bond acceptors (Lipinski definition) is 7. The van der Waals surface area contributed by atoms with Crippen molar-refractivity contribution >= 4 is 17.3 Å². The number of anilines is 2. The van der Waals surface area contributed by atoms with Crippen LogP contribution in [0.15, 0.2) is 6.33 Å². The van der Waals surface area contributed by atoms with Crippen molar-refractivity contribution < 1.29 is 4.92 Å². The maximum absolute atomic E-state index is 11.5. The SMILES string of the molecule is CCNc1ncnc(N2CCCN(C)CC2C)c1[N+](=O)[O-]. The first-order chi connectivity index (χ1) is 10.0. The number of nitrogens with one attached hydrogen (secondary N) is 1. The highest BCUT2D eigenvalue weighted by atomic mass is 16.6. The van der Waals surface area contributed by atoms with Crippen molar-refractivity contribution in [1.29, 1.82) is 0 Å². The van der Waals surface area contributed by atoms with Crippen molar-refractivity contribution in [3.63, 3.8) is 0 Å². The second kappa shape index (κ2) is 6.66. The Morgan fingerprint density at radius 2 is 2.24 bits per heavy atom. The third kappa shape index (κ3) is 3.38. The van der Waals surface area contributed by atoms with Crippen molar-refractivity contribution in [2.24, 2.45) is 0 Å². The summed E-state index contributed by atoms with van der Waals surface area (Å²) in [5, 5.41) is 14.4. The minimum absolute atomic E-state index is 0.0317. The molecule has 1 atom stereocenters. The third-order valence-corrected chi connectivity index (χ3v) is 3.65. The lowest BCUT2D eigenvalue weighted by molar-refractivity contribution is -0.383. The van der Waals surface area contributed by atoms with Crippen LogP contribution in [0.5, 0.6) is 0 Å². The van der Waals surface area contributed by atoms with Crippen LogP contribution in [-0.4, -0.2) is 59.1 Å². The van der Waals surface area contributed by atoms with Crippen molar-refractivity contribution in [3.05, 3.63) is 16.4 Å². The van der Waals surface area contributed by atoms with Crippen LogP contribution < -0.4 is 10.2 Å². The normalized spacial score (nSPS) is 20.1.